The molecule has 0 spiro atoms. The molecule has 1 rings (SSSR count). The molecule has 1 aromatic carbocycles. The van der Waals surface area contributed by atoms with Crippen molar-refractivity contribution in [3.05, 3.63) is 29.8 Å². The molecule has 1 amide bonds. The number of carbonyl (C=O) groups is 1. The van der Waals surface area contributed by atoms with Crippen LogP contribution in [-0.2, 0) is 4.79 Å². The molecule has 0 saturated carbocycles. The Morgan fingerprint density at radius 3 is 2.26 bits per heavy atom. The van der Waals surface area contributed by atoms with Crippen molar-refractivity contribution in [2.24, 2.45) is 0 Å². The average molecular weight is 284 g/mol. The van der Waals surface area contributed by atoms with Crippen molar-refractivity contribution >= 4 is 17.5 Å². The van der Waals surface area contributed by atoms with Gasteiger partial charge in [0, 0.05) is 13.1 Å². The fraction of sp³-hybridized carbons (Fsp3) is 0.533. The minimum absolute atomic E-state index is 0.0473. The molecule has 0 heterocycles. The summed E-state index contributed by atoms with van der Waals surface area (Å²) in [4.78, 5) is 13.9. The lowest BCUT2D eigenvalue weighted by Crippen LogP contribution is -2.33. The van der Waals surface area contributed by atoms with Crippen LogP contribution >= 0.6 is 11.6 Å². The number of rotatable bonds is 7. The standard InChI is InChI=1S/C15H22ClNO2/c1-4-11-19-13-9-7-12(8-10-13)14(16)15(18)17(5-2)6-3/h7-10,14H,4-6,11H2,1-3H3. The van der Waals surface area contributed by atoms with Crippen molar-refractivity contribution in [2.45, 2.75) is 32.6 Å². The summed E-state index contributed by atoms with van der Waals surface area (Å²) in [6, 6.07) is 7.42. The van der Waals surface area contributed by atoms with Gasteiger partial charge in [-0.05, 0) is 38.0 Å². The van der Waals surface area contributed by atoms with Crippen LogP contribution in [0, 0.1) is 0 Å². The Bertz CT molecular complexity index is 388. The molecule has 0 aliphatic carbocycles. The normalized spacial score (nSPS) is 12.0. The Hall–Kier alpha value is -1.22. The molecule has 1 aromatic rings. The molecule has 0 bridgehead atoms. The van der Waals surface area contributed by atoms with Gasteiger partial charge >= 0.3 is 0 Å². The lowest BCUT2D eigenvalue weighted by atomic mass is 10.1. The van der Waals surface area contributed by atoms with Crippen molar-refractivity contribution < 1.29 is 9.53 Å². The molecular weight excluding hydrogens is 262 g/mol. The first-order valence-corrected chi connectivity index (χ1v) is 7.23. The monoisotopic (exact) mass is 283 g/mol. The molecule has 0 N–H and O–H groups in total. The second-order valence-electron chi connectivity index (χ2n) is 4.29. The van der Waals surface area contributed by atoms with Crippen LogP contribution in [0.4, 0.5) is 0 Å². The van der Waals surface area contributed by atoms with E-state index in [4.69, 9.17) is 16.3 Å². The summed E-state index contributed by atoms with van der Waals surface area (Å²) in [6.45, 7) is 8.01. The number of halogens is 1. The number of ether oxygens (including phenoxy) is 1. The van der Waals surface area contributed by atoms with Crippen LogP contribution in [0.15, 0.2) is 24.3 Å². The predicted octanol–water partition coefficient (Wildman–Crippen LogP) is 3.62. The Kier molecular flexibility index (Phi) is 6.71. The summed E-state index contributed by atoms with van der Waals surface area (Å²) in [5, 5.41) is -0.625. The molecule has 1 atom stereocenters. The number of carbonyl (C=O) groups excluding carboxylic acids is 1. The molecule has 0 aliphatic heterocycles. The van der Waals surface area contributed by atoms with Gasteiger partial charge in [0.05, 0.1) is 6.61 Å². The molecule has 0 radical (unpaired) electrons. The maximum atomic E-state index is 12.1. The van der Waals surface area contributed by atoms with Crippen LogP contribution in [0.3, 0.4) is 0 Å². The van der Waals surface area contributed by atoms with E-state index in [9.17, 15) is 4.79 Å². The maximum Gasteiger partial charge on any atom is 0.245 e. The minimum Gasteiger partial charge on any atom is -0.494 e. The van der Waals surface area contributed by atoms with E-state index in [0.717, 1.165) is 17.7 Å². The van der Waals surface area contributed by atoms with Crippen molar-refractivity contribution in [2.75, 3.05) is 19.7 Å². The number of likely N-dealkylation sites (N-methyl/N-ethyl adjacent to an activating group) is 1. The second kappa shape index (κ2) is 8.05. The first-order chi connectivity index (χ1) is 9.13. The number of hydrogen-bond donors (Lipinski definition) is 0. The fourth-order valence-corrected chi connectivity index (χ4v) is 2.07. The van der Waals surface area contributed by atoms with Gasteiger partial charge in [0.15, 0.2) is 0 Å². The highest BCUT2D eigenvalue weighted by Gasteiger charge is 2.21. The molecule has 0 aromatic heterocycles. The molecule has 0 aliphatic rings. The predicted molar refractivity (Wildman–Crippen MR) is 78.8 cm³/mol. The van der Waals surface area contributed by atoms with Gasteiger partial charge in [-0.1, -0.05) is 19.1 Å². The third-order valence-electron chi connectivity index (χ3n) is 2.94. The summed E-state index contributed by atoms with van der Waals surface area (Å²) in [7, 11) is 0. The van der Waals surface area contributed by atoms with Crippen LogP contribution < -0.4 is 4.74 Å². The number of amides is 1. The van der Waals surface area contributed by atoms with Gasteiger partial charge in [0.1, 0.15) is 11.1 Å². The van der Waals surface area contributed by atoms with Gasteiger partial charge in [-0.2, -0.15) is 0 Å². The van der Waals surface area contributed by atoms with Crippen molar-refractivity contribution in [3.8, 4) is 5.75 Å². The summed E-state index contributed by atoms with van der Waals surface area (Å²) >= 11 is 6.23. The highest BCUT2D eigenvalue weighted by molar-refractivity contribution is 6.30. The Balaban J connectivity index is 2.71. The van der Waals surface area contributed by atoms with E-state index in [-0.39, 0.29) is 5.91 Å². The van der Waals surface area contributed by atoms with E-state index in [1.807, 2.05) is 38.1 Å². The fourth-order valence-electron chi connectivity index (χ4n) is 1.79. The van der Waals surface area contributed by atoms with E-state index in [2.05, 4.69) is 6.92 Å². The Labute approximate surface area is 120 Å². The quantitative estimate of drug-likeness (QED) is 0.715. The van der Waals surface area contributed by atoms with Crippen LogP contribution in [0.25, 0.3) is 0 Å². The zero-order chi connectivity index (χ0) is 14.3. The zero-order valence-electron chi connectivity index (χ0n) is 11.9. The molecular formula is C15H22ClNO2. The van der Waals surface area contributed by atoms with E-state index in [1.165, 1.54) is 0 Å². The van der Waals surface area contributed by atoms with Crippen molar-refractivity contribution in [1.29, 1.82) is 0 Å². The van der Waals surface area contributed by atoms with Crippen LogP contribution in [0.5, 0.6) is 5.75 Å². The second-order valence-corrected chi connectivity index (χ2v) is 4.73. The molecule has 0 fully saturated rings. The highest BCUT2D eigenvalue weighted by Crippen LogP contribution is 2.25. The molecule has 4 heteroatoms. The number of benzene rings is 1. The molecule has 106 valence electrons. The van der Waals surface area contributed by atoms with Gasteiger partial charge in [-0.25, -0.2) is 0 Å². The molecule has 0 saturated heterocycles. The first kappa shape index (κ1) is 15.8. The van der Waals surface area contributed by atoms with E-state index >= 15 is 0 Å². The van der Waals surface area contributed by atoms with Gasteiger partial charge in [0.2, 0.25) is 5.91 Å². The summed E-state index contributed by atoms with van der Waals surface area (Å²) in [6.07, 6.45) is 0.973. The van der Waals surface area contributed by atoms with Crippen LogP contribution in [0.2, 0.25) is 0 Å². The summed E-state index contributed by atoms with van der Waals surface area (Å²) in [5.41, 5.74) is 0.808. The Morgan fingerprint density at radius 2 is 1.79 bits per heavy atom. The number of alkyl halides is 1. The smallest absolute Gasteiger partial charge is 0.245 e. The molecule has 19 heavy (non-hydrogen) atoms. The lowest BCUT2D eigenvalue weighted by molar-refractivity contribution is -0.130. The van der Waals surface area contributed by atoms with Crippen LogP contribution in [0.1, 0.15) is 38.1 Å². The number of hydrogen-bond acceptors (Lipinski definition) is 2. The SMILES string of the molecule is CCCOc1ccc(C(Cl)C(=O)N(CC)CC)cc1. The van der Waals surface area contributed by atoms with Crippen molar-refractivity contribution in [1.82, 2.24) is 4.90 Å². The summed E-state index contributed by atoms with van der Waals surface area (Å²) < 4.78 is 5.50. The maximum absolute atomic E-state index is 12.1. The lowest BCUT2D eigenvalue weighted by Gasteiger charge is -2.22. The average Bonchev–Trinajstić information content (AvgIpc) is 2.46. The summed E-state index contributed by atoms with van der Waals surface area (Å²) in [5.74, 6) is 0.763. The number of nitrogens with zero attached hydrogens (tertiary/aromatic N) is 1. The molecule has 1 unspecified atom stereocenters. The van der Waals surface area contributed by atoms with Gasteiger partial charge < -0.3 is 9.64 Å². The Morgan fingerprint density at radius 1 is 1.21 bits per heavy atom. The van der Waals surface area contributed by atoms with E-state index < -0.39 is 5.38 Å². The van der Waals surface area contributed by atoms with Gasteiger partial charge in [-0.15, -0.1) is 11.6 Å². The third-order valence-corrected chi connectivity index (χ3v) is 3.38. The topological polar surface area (TPSA) is 29.5 Å². The third kappa shape index (κ3) is 4.43. The first-order valence-electron chi connectivity index (χ1n) is 6.79. The van der Waals surface area contributed by atoms with Gasteiger partial charge in [-0.3, -0.25) is 4.79 Å². The van der Waals surface area contributed by atoms with E-state index in [1.54, 1.807) is 4.90 Å². The minimum atomic E-state index is -0.625. The van der Waals surface area contributed by atoms with Crippen molar-refractivity contribution in [3.63, 3.8) is 0 Å². The van der Waals surface area contributed by atoms with Gasteiger partial charge in [0.25, 0.3) is 0 Å². The highest BCUT2D eigenvalue weighted by atomic mass is 35.5. The zero-order valence-corrected chi connectivity index (χ0v) is 12.6. The largest absolute Gasteiger partial charge is 0.494 e. The molecule has 3 nitrogen and oxygen atoms in total. The van der Waals surface area contributed by atoms with E-state index in [0.29, 0.717) is 19.7 Å². The van der Waals surface area contributed by atoms with Crippen LogP contribution in [-0.4, -0.2) is 30.5 Å².